The van der Waals surface area contributed by atoms with Gasteiger partial charge in [-0.3, -0.25) is 4.79 Å². The number of phenolic OH excluding ortho intramolecular Hbond substituents is 1. The van der Waals surface area contributed by atoms with Gasteiger partial charge < -0.3 is 25.2 Å². The largest absolute Gasteiger partial charge is 0.506 e. The summed E-state index contributed by atoms with van der Waals surface area (Å²) in [5, 5.41) is 25.2. The van der Waals surface area contributed by atoms with Gasteiger partial charge in [0, 0.05) is 25.0 Å². The van der Waals surface area contributed by atoms with E-state index in [1.807, 2.05) is 0 Å². The number of aliphatic hydroxyl groups excluding tert-OH is 1. The van der Waals surface area contributed by atoms with Crippen LogP contribution in [0.15, 0.2) is 61.1 Å². The fourth-order valence-corrected chi connectivity index (χ4v) is 5.16. The minimum absolute atomic E-state index is 0.00597. The third kappa shape index (κ3) is 5.15. The van der Waals surface area contributed by atoms with Crippen molar-refractivity contribution in [2.45, 2.75) is 31.0 Å². The number of rotatable bonds is 7. The topological polar surface area (TPSA) is 138 Å². The van der Waals surface area contributed by atoms with E-state index in [-0.39, 0.29) is 51.5 Å². The van der Waals surface area contributed by atoms with E-state index in [4.69, 9.17) is 11.6 Å². The Labute approximate surface area is 251 Å². The summed E-state index contributed by atoms with van der Waals surface area (Å²) in [7, 11) is 0. The molecule has 0 unspecified atom stereocenters. The second-order valence-corrected chi connectivity index (χ2v) is 10.7. The van der Waals surface area contributed by atoms with Gasteiger partial charge in [-0.15, -0.1) is 0 Å². The molecular formula is C29H22ClF4N7O3. The van der Waals surface area contributed by atoms with Crippen LogP contribution in [0.2, 0.25) is 5.02 Å². The summed E-state index contributed by atoms with van der Waals surface area (Å²) in [5.74, 6) is -1.52. The minimum atomic E-state index is -4.92. The maximum absolute atomic E-state index is 13.5. The zero-order chi connectivity index (χ0) is 31.4. The lowest BCUT2D eigenvalue weighted by Crippen LogP contribution is -2.36. The van der Waals surface area contributed by atoms with Crippen molar-refractivity contribution in [1.82, 2.24) is 24.3 Å². The van der Waals surface area contributed by atoms with Crippen LogP contribution in [0.5, 0.6) is 5.75 Å². The molecular weight excluding hydrogens is 606 g/mol. The number of halogens is 5. The van der Waals surface area contributed by atoms with Crippen molar-refractivity contribution >= 4 is 34.8 Å². The van der Waals surface area contributed by atoms with Crippen molar-refractivity contribution in [2.24, 2.45) is 0 Å². The zero-order valence-corrected chi connectivity index (χ0v) is 23.4. The Bertz CT molecular complexity index is 1920. The Hall–Kier alpha value is -4.82. The number of hydrogen-bond donors (Lipinski definition) is 4. The SMILES string of the molecule is C[C@]1(c2ccc(Cl)c(O)c2)C(=O)Nc2nc(-c3cn4ccnc4c(Cc4ccc(F)cc4)n3)nc(NC[C@H](O)C(F)(F)F)c21. The van der Waals surface area contributed by atoms with Crippen LogP contribution in [0, 0.1) is 5.82 Å². The quantitative estimate of drug-likeness (QED) is 0.188. The first kappa shape index (κ1) is 29.3. The lowest BCUT2D eigenvalue weighted by molar-refractivity contribution is -0.198. The number of carbonyl (C=O) groups is 1. The average molecular weight is 628 g/mol. The number of imidazole rings is 1. The number of anilines is 2. The zero-order valence-electron chi connectivity index (χ0n) is 22.7. The van der Waals surface area contributed by atoms with Crippen LogP contribution < -0.4 is 10.6 Å². The summed E-state index contributed by atoms with van der Waals surface area (Å²) < 4.78 is 54.8. The highest BCUT2D eigenvalue weighted by atomic mass is 35.5. The Morgan fingerprint density at radius 1 is 1.14 bits per heavy atom. The molecule has 44 heavy (non-hydrogen) atoms. The van der Waals surface area contributed by atoms with Crippen LogP contribution in [-0.4, -0.2) is 59.3 Å². The van der Waals surface area contributed by atoms with E-state index < -0.39 is 36.0 Å². The molecule has 4 N–H and O–H groups in total. The molecule has 0 radical (unpaired) electrons. The molecule has 1 aliphatic rings. The molecule has 0 spiro atoms. The highest BCUT2D eigenvalue weighted by Gasteiger charge is 2.48. The molecule has 0 fully saturated rings. The number of benzene rings is 2. The van der Waals surface area contributed by atoms with Gasteiger partial charge in [0.2, 0.25) is 5.91 Å². The van der Waals surface area contributed by atoms with E-state index in [9.17, 15) is 32.6 Å². The molecule has 1 aliphatic heterocycles. The maximum atomic E-state index is 13.5. The van der Waals surface area contributed by atoms with Gasteiger partial charge in [0.05, 0.1) is 22.8 Å². The third-order valence-corrected chi connectivity index (χ3v) is 7.74. The maximum Gasteiger partial charge on any atom is 0.416 e. The molecule has 2 aromatic carbocycles. The van der Waals surface area contributed by atoms with Gasteiger partial charge in [-0.05, 0) is 42.3 Å². The molecule has 0 saturated carbocycles. The van der Waals surface area contributed by atoms with Crippen LogP contribution >= 0.6 is 11.6 Å². The number of phenols is 1. The summed E-state index contributed by atoms with van der Waals surface area (Å²) in [6, 6.07) is 10.00. The van der Waals surface area contributed by atoms with Crippen LogP contribution in [0.1, 0.15) is 29.3 Å². The molecule has 1 amide bonds. The summed E-state index contributed by atoms with van der Waals surface area (Å²) in [4.78, 5) is 31.5. The van der Waals surface area contributed by atoms with Crippen molar-refractivity contribution in [3.8, 4) is 17.3 Å². The van der Waals surface area contributed by atoms with E-state index in [0.717, 1.165) is 5.56 Å². The molecule has 4 heterocycles. The fraction of sp³-hybridized carbons (Fsp3) is 0.207. The molecule has 15 heteroatoms. The first-order chi connectivity index (χ1) is 20.8. The minimum Gasteiger partial charge on any atom is -0.506 e. The van der Waals surface area contributed by atoms with Gasteiger partial charge in [-0.2, -0.15) is 13.2 Å². The van der Waals surface area contributed by atoms with E-state index in [0.29, 0.717) is 11.3 Å². The predicted molar refractivity (Wildman–Crippen MR) is 152 cm³/mol. The molecule has 226 valence electrons. The normalized spacial score (nSPS) is 17.0. The number of fused-ring (bicyclic) bond motifs is 2. The monoisotopic (exact) mass is 627 g/mol. The van der Waals surface area contributed by atoms with Gasteiger partial charge in [-0.1, -0.05) is 29.8 Å². The number of carbonyl (C=O) groups excluding carboxylic acids is 1. The number of aliphatic hydroxyl groups is 1. The van der Waals surface area contributed by atoms with E-state index >= 15 is 0 Å². The molecule has 10 nitrogen and oxygen atoms in total. The molecule has 0 bridgehead atoms. The highest BCUT2D eigenvalue weighted by Crippen LogP contribution is 2.47. The highest BCUT2D eigenvalue weighted by molar-refractivity contribution is 6.32. The van der Waals surface area contributed by atoms with Crippen molar-refractivity contribution < 1.29 is 32.6 Å². The molecule has 0 saturated heterocycles. The lowest BCUT2D eigenvalue weighted by Gasteiger charge is -2.25. The Balaban J connectivity index is 1.50. The number of nitrogens with one attached hydrogen (secondary N) is 2. The van der Waals surface area contributed by atoms with E-state index in [2.05, 4.69) is 30.6 Å². The first-order valence-corrected chi connectivity index (χ1v) is 13.5. The Kier molecular flexibility index (Phi) is 7.13. The first-order valence-electron chi connectivity index (χ1n) is 13.1. The van der Waals surface area contributed by atoms with E-state index in [1.54, 1.807) is 35.1 Å². The summed E-state index contributed by atoms with van der Waals surface area (Å²) in [6.45, 7) is 0.522. The molecule has 3 aromatic heterocycles. The van der Waals surface area contributed by atoms with Crippen LogP contribution in [0.4, 0.5) is 29.2 Å². The van der Waals surface area contributed by atoms with Crippen LogP contribution in [0.25, 0.3) is 17.2 Å². The lowest BCUT2D eigenvalue weighted by atomic mass is 9.77. The van der Waals surface area contributed by atoms with Crippen molar-refractivity contribution in [2.75, 3.05) is 17.2 Å². The van der Waals surface area contributed by atoms with Crippen molar-refractivity contribution in [1.29, 1.82) is 0 Å². The number of amides is 1. The second-order valence-electron chi connectivity index (χ2n) is 10.3. The third-order valence-electron chi connectivity index (χ3n) is 7.42. The molecule has 2 atom stereocenters. The van der Waals surface area contributed by atoms with Crippen molar-refractivity contribution in [3.05, 3.63) is 94.3 Å². The van der Waals surface area contributed by atoms with Gasteiger partial charge >= 0.3 is 6.18 Å². The number of aromatic nitrogens is 5. The standard InChI is InChI=1S/C29H22ClF4N7O3/c1-28(15-4-7-17(30)20(42)11-15)22-24(36-12-21(43)29(32,33)34)38-23(39-25(22)40-27(28)44)19-13-41-9-8-35-26(41)18(37-19)10-14-2-5-16(31)6-3-14/h2-9,11,13,21,42-43H,10,12H2,1H3,(H2,36,38,39,40,44)/t21-,28+/m0/s1. The van der Waals surface area contributed by atoms with Gasteiger partial charge in [0.25, 0.3) is 0 Å². The van der Waals surface area contributed by atoms with Crippen molar-refractivity contribution in [3.63, 3.8) is 0 Å². The van der Waals surface area contributed by atoms with Gasteiger partial charge in [0.1, 0.15) is 34.3 Å². The Morgan fingerprint density at radius 3 is 2.59 bits per heavy atom. The Morgan fingerprint density at radius 2 is 1.89 bits per heavy atom. The van der Waals surface area contributed by atoms with Crippen LogP contribution in [-0.2, 0) is 16.6 Å². The summed E-state index contributed by atoms with van der Waals surface area (Å²) in [6.07, 6.45) is -2.62. The second kappa shape index (κ2) is 10.7. The number of hydrogen-bond acceptors (Lipinski definition) is 8. The number of aromatic hydroxyl groups is 1. The number of nitrogens with zero attached hydrogens (tertiary/aromatic N) is 5. The fourth-order valence-electron chi connectivity index (χ4n) is 5.04. The molecule has 6 rings (SSSR count). The molecule has 0 aliphatic carbocycles. The van der Waals surface area contributed by atoms with Gasteiger partial charge in [0.15, 0.2) is 17.6 Å². The average Bonchev–Trinajstić information content (AvgIpc) is 3.56. The predicted octanol–water partition coefficient (Wildman–Crippen LogP) is 4.87. The smallest absolute Gasteiger partial charge is 0.416 e. The molecule has 5 aromatic rings. The van der Waals surface area contributed by atoms with E-state index in [1.165, 1.54) is 37.3 Å². The van der Waals surface area contributed by atoms with Crippen LogP contribution in [0.3, 0.4) is 0 Å². The summed E-state index contributed by atoms with van der Waals surface area (Å²) >= 11 is 5.97. The van der Waals surface area contributed by atoms with Gasteiger partial charge in [-0.25, -0.2) is 24.3 Å². The summed E-state index contributed by atoms with van der Waals surface area (Å²) in [5.41, 5.74) is 0.723. The number of alkyl halides is 3.